The Morgan fingerprint density at radius 2 is 2.29 bits per heavy atom. The van der Waals surface area contributed by atoms with Crippen molar-refractivity contribution in [2.24, 2.45) is 0 Å². The second-order valence-corrected chi connectivity index (χ2v) is 4.59. The molecule has 1 aromatic rings. The summed E-state index contributed by atoms with van der Waals surface area (Å²) in [6.07, 6.45) is 0.476. The van der Waals surface area contributed by atoms with Crippen LogP contribution in [-0.2, 0) is 4.79 Å². The largest absolute Gasteiger partial charge is 0.480 e. The van der Waals surface area contributed by atoms with E-state index in [1.54, 1.807) is 18.2 Å². The minimum absolute atomic E-state index is 0.111. The van der Waals surface area contributed by atoms with E-state index in [2.05, 4.69) is 0 Å². The highest BCUT2D eigenvalue weighted by Gasteiger charge is 2.60. The van der Waals surface area contributed by atoms with E-state index in [4.69, 9.17) is 28.3 Å². The maximum Gasteiger partial charge on any atom is 0.325 e. The third-order valence-electron chi connectivity index (χ3n) is 2.50. The zero-order valence-corrected chi connectivity index (χ0v) is 8.72. The Balaban J connectivity index is 2.25. The van der Waals surface area contributed by atoms with Crippen LogP contribution in [0.15, 0.2) is 24.3 Å². The van der Waals surface area contributed by atoms with Gasteiger partial charge in [0, 0.05) is 10.9 Å². The van der Waals surface area contributed by atoms with Gasteiger partial charge in [0.05, 0.1) is 0 Å². The topological polar surface area (TPSA) is 37.3 Å². The van der Waals surface area contributed by atoms with Crippen LogP contribution in [0.3, 0.4) is 0 Å². The van der Waals surface area contributed by atoms with E-state index in [9.17, 15) is 4.79 Å². The third-order valence-corrected chi connectivity index (χ3v) is 3.31. The van der Waals surface area contributed by atoms with Gasteiger partial charge in [-0.3, -0.25) is 4.79 Å². The first-order valence-electron chi connectivity index (χ1n) is 4.22. The maximum atomic E-state index is 10.8. The molecule has 0 aromatic heterocycles. The molecule has 0 spiro atoms. The zero-order chi connectivity index (χ0) is 10.3. The number of carbonyl (C=O) groups is 1. The van der Waals surface area contributed by atoms with Gasteiger partial charge in [0.25, 0.3) is 0 Å². The summed E-state index contributed by atoms with van der Waals surface area (Å²) in [4.78, 5) is 9.68. The van der Waals surface area contributed by atoms with Crippen molar-refractivity contribution in [2.75, 3.05) is 0 Å². The monoisotopic (exact) mass is 230 g/mol. The Morgan fingerprint density at radius 3 is 2.79 bits per heavy atom. The van der Waals surface area contributed by atoms with Gasteiger partial charge in [0.15, 0.2) is 0 Å². The molecular weight excluding hydrogens is 223 g/mol. The van der Waals surface area contributed by atoms with Crippen LogP contribution in [-0.4, -0.2) is 16.0 Å². The van der Waals surface area contributed by atoms with Crippen molar-refractivity contribution in [3.8, 4) is 0 Å². The lowest BCUT2D eigenvalue weighted by Crippen LogP contribution is -2.16. The Bertz CT molecular complexity index is 391. The molecule has 0 amide bonds. The molecule has 74 valence electrons. The first kappa shape index (κ1) is 9.81. The highest BCUT2D eigenvalue weighted by atomic mass is 35.5. The number of halogens is 2. The first-order chi connectivity index (χ1) is 6.54. The van der Waals surface area contributed by atoms with Crippen molar-refractivity contribution in [3.05, 3.63) is 34.9 Å². The summed E-state index contributed by atoms with van der Waals surface area (Å²) < 4.78 is 0. The van der Waals surface area contributed by atoms with E-state index in [-0.39, 0.29) is 5.92 Å². The molecule has 0 aliphatic heterocycles. The summed E-state index contributed by atoms with van der Waals surface area (Å²) in [5.41, 5.74) is 0.898. The van der Waals surface area contributed by atoms with Crippen LogP contribution in [0, 0.1) is 0 Å². The van der Waals surface area contributed by atoms with Crippen LogP contribution >= 0.6 is 23.2 Å². The molecule has 2 nitrogen and oxygen atoms in total. The number of benzene rings is 1. The lowest BCUT2D eigenvalue weighted by atomic mass is 10.1. The Hall–Kier alpha value is -0.730. The van der Waals surface area contributed by atoms with Crippen molar-refractivity contribution >= 4 is 29.2 Å². The first-order valence-corrected chi connectivity index (χ1v) is 4.97. The van der Waals surface area contributed by atoms with E-state index >= 15 is 0 Å². The minimum atomic E-state index is -1.11. The molecule has 14 heavy (non-hydrogen) atoms. The van der Waals surface area contributed by atoms with Crippen LogP contribution in [0.2, 0.25) is 5.02 Å². The van der Waals surface area contributed by atoms with Crippen LogP contribution in [0.1, 0.15) is 17.9 Å². The molecule has 0 heterocycles. The molecule has 2 rings (SSSR count). The number of carboxylic acid groups (broad SMARTS) is 1. The van der Waals surface area contributed by atoms with Gasteiger partial charge in [0.1, 0.15) is 4.87 Å². The average Bonchev–Trinajstić information content (AvgIpc) is 2.80. The second-order valence-electron chi connectivity index (χ2n) is 3.48. The summed E-state index contributed by atoms with van der Waals surface area (Å²) in [5.74, 6) is -1.07. The molecule has 1 fully saturated rings. The molecule has 1 N–H and O–H groups in total. The molecule has 0 radical (unpaired) electrons. The average molecular weight is 231 g/mol. The summed E-state index contributed by atoms with van der Waals surface area (Å²) in [7, 11) is 0. The molecule has 2 atom stereocenters. The maximum absolute atomic E-state index is 10.8. The Kier molecular flexibility index (Phi) is 2.20. The standard InChI is InChI=1S/C10H8Cl2O2/c11-7-3-1-2-6(4-7)8-5-10(8,12)9(13)14/h1-4,8H,5H2,(H,13,14). The van der Waals surface area contributed by atoms with Crippen molar-refractivity contribution in [2.45, 2.75) is 17.2 Å². The predicted molar refractivity (Wildman–Crippen MR) is 55.0 cm³/mol. The highest BCUT2D eigenvalue weighted by molar-refractivity contribution is 6.37. The predicted octanol–water partition coefficient (Wildman–Crippen LogP) is 2.89. The number of hydrogen-bond acceptors (Lipinski definition) is 1. The zero-order valence-electron chi connectivity index (χ0n) is 7.21. The van der Waals surface area contributed by atoms with Crippen molar-refractivity contribution in [3.63, 3.8) is 0 Å². The van der Waals surface area contributed by atoms with E-state index in [0.29, 0.717) is 11.4 Å². The fourth-order valence-corrected chi connectivity index (χ4v) is 2.06. The van der Waals surface area contributed by atoms with Crippen molar-refractivity contribution in [1.82, 2.24) is 0 Å². The normalized spacial score (nSPS) is 30.0. The number of carboxylic acids is 1. The Morgan fingerprint density at radius 1 is 1.57 bits per heavy atom. The van der Waals surface area contributed by atoms with E-state index in [1.165, 1.54) is 0 Å². The van der Waals surface area contributed by atoms with Gasteiger partial charge >= 0.3 is 5.97 Å². The van der Waals surface area contributed by atoms with Crippen LogP contribution < -0.4 is 0 Å². The number of aliphatic carboxylic acids is 1. The lowest BCUT2D eigenvalue weighted by Gasteiger charge is -2.03. The summed E-state index contributed by atoms with van der Waals surface area (Å²) in [6.45, 7) is 0. The van der Waals surface area contributed by atoms with Crippen molar-refractivity contribution < 1.29 is 9.90 Å². The molecule has 1 aromatic carbocycles. The quantitative estimate of drug-likeness (QED) is 0.794. The van der Waals surface area contributed by atoms with E-state index in [0.717, 1.165) is 5.56 Å². The van der Waals surface area contributed by atoms with Crippen molar-refractivity contribution in [1.29, 1.82) is 0 Å². The molecule has 0 bridgehead atoms. The van der Waals surface area contributed by atoms with Crippen LogP contribution in [0.5, 0.6) is 0 Å². The van der Waals surface area contributed by atoms with Gasteiger partial charge < -0.3 is 5.11 Å². The smallest absolute Gasteiger partial charge is 0.325 e. The van der Waals surface area contributed by atoms with Gasteiger partial charge in [0.2, 0.25) is 0 Å². The van der Waals surface area contributed by atoms with Gasteiger partial charge in [-0.1, -0.05) is 23.7 Å². The fourth-order valence-electron chi connectivity index (χ4n) is 1.58. The molecular formula is C10H8Cl2O2. The minimum Gasteiger partial charge on any atom is -0.480 e. The third kappa shape index (κ3) is 1.49. The summed E-state index contributed by atoms with van der Waals surface area (Å²) in [6, 6.07) is 7.17. The molecule has 1 aliphatic rings. The van der Waals surface area contributed by atoms with Gasteiger partial charge in [-0.25, -0.2) is 0 Å². The Labute approximate surface area is 91.4 Å². The molecule has 1 saturated carbocycles. The summed E-state index contributed by atoms with van der Waals surface area (Å²) >= 11 is 11.7. The van der Waals surface area contributed by atoms with Crippen LogP contribution in [0.25, 0.3) is 0 Å². The number of alkyl halides is 1. The van der Waals surface area contributed by atoms with Gasteiger partial charge in [-0.2, -0.15) is 0 Å². The van der Waals surface area contributed by atoms with Gasteiger partial charge in [-0.05, 0) is 24.1 Å². The van der Waals surface area contributed by atoms with Gasteiger partial charge in [-0.15, -0.1) is 11.6 Å². The highest BCUT2D eigenvalue weighted by Crippen LogP contribution is 2.56. The second kappa shape index (κ2) is 3.14. The van der Waals surface area contributed by atoms with E-state index in [1.807, 2.05) is 6.07 Å². The SMILES string of the molecule is O=C(O)C1(Cl)CC1c1cccc(Cl)c1. The molecule has 1 aliphatic carbocycles. The summed E-state index contributed by atoms with van der Waals surface area (Å²) in [5, 5.41) is 9.46. The van der Waals surface area contributed by atoms with Crippen LogP contribution in [0.4, 0.5) is 0 Å². The number of hydrogen-bond donors (Lipinski definition) is 1. The fraction of sp³-hybridized carbons (Fsp3) is 0.300. The van der Waals surface area contributed by atoms with E-state index < -0.39 is 10.8 Å². The molecule has 2 unspecified atom stereocenters. The molecule has 0 saturated heterocycles. The number of rotatable bonds is 2. The lowest BCUT2D eigenvalue weighted by molar-refractivity contribution is -0.137. The molecule has 4 heteroatoms.